The third kappa shape index (κ3) is 2.70. The Hall–Kier alpha value is -1.62. The number of methoxy groups -OCH3 is 1. The van der Waals surface area contributed by atoms with Gasteiger partial charge in [0.25, 0.3) is 5.91 Å². The molecule has 0 aliphatic carbocycles. The van der Waals surface area contributed by atoms with Crippen molar-refractivity contribution in [3.8, 4) is 5.75 Å². The number of aromatic nitrogens is 1. The normalized spacial score (nSPS) is 9.94. The first-order chi connectivity index (χ1) is 7.74. The van der Waals surface area contributed by atoms with E-state index in [1.54, 1.807) is 17.2 Å². The number of carbonyl (C=O) groups excluding carboxylic acids is 1. The molecular formula is C11H16N2O3. The van der Waals surface area contributed by atoms with E-state index in [2.05, 4.69) is 4.98 Å². The van der Waals surface area contributed by atoms with Gasteiger partial charge in [0.05, 0.1) is 25.5 Å². The Bertz CT molecular complexity index is 355. The first-order valence-corrected chi connectivity index (χ1v) is 5.12. The lowest BCUT2D eigenvalue weighted by Gasteiger charge is -2.20. The van der Waals surface area contributed by atoms with Gasteiger partial charge in [-0.25, -0.2) is 0 Å². The third-order valence-electron chi connectivity index (χ3n) is 2.27. The number of hydrogen-bond acceptors (Lipinski definition) is 4. The summed E-state index contributed by atoms with van der Waals surface area (Å²) < 4.78 is 5.07. The summed E-state index contributed by atoms with van der Waals surface area (Å²) in [7, 11) is 1.50. The number of nitrogens with zero attached hydrogens (tertiary/aromatic N) is 2. The SMILES string of the molecule is CCN(CCO)C(=O)c1ccncc1OC. The number of amides is 1. The van der Waals surface area contributed by atoms with E-state index < -0.39 is 0 Å². The van der Waals surface area contributed by atoms with Crippen LogP contribution in [0.4, 0.5) is 0 Å². The Morgan fingerprint density at radius 2 is 2.38 bits per heavy atom. The van der Waals surface area contributed by atoms with Gasteiger partial charge in [0.2, 0.25) is 0 Å². The number of hydrogen-bond donors (Lipinski definition) is 1. The van der Waals surface area contributed by atoms with Crippen molar-refractivity contribution in [2.75, 3.05) is 26.8 Å². The second-order valence-electron chi connectivity index (χ2n) is 3.18. The first kappa shape index (κ1) is 12.4. The van der Waals surface area contributed by atoms with E-state index in [9.17, 15) is 4.79 Å². The van der Waals surface area contributed by atoms with Crippen LogP contribution < -0.4 is 4.74 Å². The summed E-state index contributed by atoms with van der Waals surface area (Å²) >= 11 is 0. The van der Waals surface area contributed by atoms with E-state index in [-0.39, 0.29) is 12.5 Å². The zero-order chi connectivity index (χ0) is 12.0. The van der Waals surface area contributed by atoms with Crippen LogP contribution in [0.3, 0.4) is 0 Å². The highest BCUT2D eigenvalue weighted by molar-refractivity contribution is 5.96. The molecule has 1 amide bonds. The number of rotatable bonds is 5. The molecule has 0 saturated heterocycles. The zero-order valence-corrected chi connectivity index (χ0v) is 9.51. The van der Waals surface area contributed by atoms with E-state index >= 15 is 0 Å². The van der Waals surface area contributed by atoms with Crippen molar-refractivity contribution >= 4 is 5.91 Å². The van der Waals surface area contributed by atoms with Crippen LogP contribution in [0.1, 0.15) is 17.3 Å². The van der Waals surface area contributed by atoms with Crippen LogP contribution in [0, 0.1) is 0 Å². The Labute approximate surface area is 94.7 Å². The lowest BCUT2D eigenvalue weighted by molar-refractivity contribution is 0.0728. The number of pyridine rings is 1. The van der Waals surface area contributed by atoms with Gasteiger partial charge >= 0.3 is 0 Å². The van der Waals surface area contributed by atoms with Gasteiger partial charge in [0, 0.05) is 19.3 Å². The first-order valence-electron chi connectivity index (χ1n) is 5.12. The van der Waals surface area contributed by atoms with Crippen LogP contribution in [-0.2, 0) is 0 Å². The lowest BCUT2D eigenvalue weighted by Crippen LogP contribution is -2.33. The zero-order valence-electron chi connectivity index (χ0n) is 9.51. The largest absolute Gasteiger partial charge is 0.494 e. The number of aliphatic hydroxyl groups is 1. The molecule has 1 aromatic heterocycles. The lowest BCUT2D eigenvalue weighted by atomic mass is 10.2. The van der Waals surface area contributed by atoms with E-state index in [0.717, 1.165) is 0 Å². The molecule has 5 nitrogen and oxygen atoms in total. The molecule has 5 heteroatoms. The summed E-state index contributed by atoms with van der Waals surface area (Å²) in [6.45, 7) is 2.68. The van der Waals surface area contributed by atoms with Gasteiger partial charge in [0.15, 0.2) is 0 Å². The molecule has 0 saturated carbocycles. The predicted molar refractivity (Wildman–Crippen MR) is 59.5 cm³/mol. The molecule has 1 rings (SSSR count). The highest BCUT2D eigenvalue weighted by Gasteiger charge is 2.17. The summed E-state index contributed by atoms with van der Waals surface area (Å²) in [6.07, 6.45) is 3.04. The summed E-state index contributed by atoms with van der Waals surface area (Å²) in [4.78, 5) is 17.5. The van der Waals surface area contributed by atoms with Gasteiger partial charge in [-0.2, -0.15) is 0 Å². The number of ether oxygens (including phenoxy) is 1. The average Bonchev–Trinajstić information content (AvgIpc) is 2.35. The summed E-state index contributed by atoms with van der Waals surface area (Å²) in [5, 5.41) is 8.85. The topological polar surface area (TPSA) is 62.7 Å². The highest BCUT2D eigenvalue weighted by atomic mass is 16.5. The van der Waals surface area contributed by atoms with Crippen molar-refractivity contribution < 1.29 is 14.6 Å². The van der Waals surface area contributed by atoms with E-state index in [0.29, 0.717) is 24.4 Å². The van der Waals surface area contributed by atoms with E-state index in [1.807, 2.05) is 6.92 Å². The second-order valence-corrected chi connectivity index (χ2v) is 3.18. The maximum Gasteiger partial charge on any atom is 0.257 e. The Balaban J connectivity index is 2.93. The molecule has 0 radical (unpaired) electrons. The number of carbonyl (C=O) groups is 1. The van der Waals surface area contributed by atoms with Gasteiger partial charge in [-0.1, -0.05) is 0 Å². The van der Waals surface area contributed by atoms with Gasteiger partial charge in [-0.3, -0.25) is 9.78 Å². The quantitative estimate of drug-likeness (QED) is 0.793. The van der Waals surface area contributed by atoms with Crippen LogP contribution in [-0.4, -0.2) is 47.7 Å². The predicted octanol–water partition coefficient (Wildman–Crippen LogP) is 0.545. The summed E-state index contributed by atoms with van der Waals surface area (Å²) in [5.74, 6) is 0.291. The molecule has 1 N–H and O–H groups in total. The van der Waals surface area contributed by atoms with Crippen LogP contribution in [0.2, 0.25) is 0 Å². The summed E-state index contributed by atoms with van der Waals surface area (Å²) in [6, 6.07) is 1.61. The van der Waals surface area contributed by atoms with E-state index in [4.69, 9.17) is 9.84 Å². The second kappa shape index (κ2) is 6.07. The van der Waals surface area contributed by atoms with Crippen LogP contribution in [0.5, 0.6) is 5.75 Å². The molecule has 0 spiro atoms. The maximum absolute atomic E-state index is 12.1. The van der Waals surface area contributed by atoms with Crippen molar-refractivity contribution in [1.29, 1.82) is 0 Å². The molecule has 0 bridgehead atoms. The van der Waals surface area contributed by atoms with Crippen molar-refractivity contribution in [3.63, 3.8) is 0 Å². The van der Waals surface area contributed by atoms with Crippen molar-refractivity contribution in [2.24, 2.45) is 0 Å². The molecule has 0 aromatic carbocycles. The minimum Gasteiger partial charge on any atom is -0.494 e. The van der Waals surface area contributed by atoms with Crippen LogP contribution >= 0.6 is 0 Å². The molecule has 0 aliphatic heterocycles. The molecule has 88 valence electrons. The fourth-order valence-corrected chi connectivity index (χ4v) is 1.41. The van der Waals surface area contributed by atoms with E-state index in [1.165, 1.54) is 13.3 Å². The highest BCUT2D eigenvalue weighted by Crippen LogP contribution is 2.17. The standard InChI is InChI=1S/C11H16N2O3/c1-3-13(6-7-14)11(15)9-4-5-12-8-10(9)16-2/h4-5,8,14H,3,6-7H2,1-2H3. The molecule has 0 aliphatic rings. The van der Waals surface area contributed by atoms with Crippen molar-refractivity contribution in [2.45, 2.75) is 6.92 Å². The molecular weight excluding hydrogens is 208 g/mol. The third-order valence-corrected chi connectivity index (χ3v) is 2.27. The molecule has 0 atom stereocenters. The van der Waals surface area contributed by atoms with Crippen molar-refractivity contribution in [1.82, 2.24) is 9.88 Å². The smallest absolute Gasteiger partial charge is 0.257 e. The number of likely N-dealkylation sites (N-methyl/N-ethyl adjacent to an activating group) is 1. The number of aliphatic hydroxyl groups excluding tert-OH is 1. The molecule has 0 fully saturated rings. The molecule has 16 heavy (non-hydrogen) atoms. The van der Waals surface area contributed by atoms with Crippen molar-refractivity contribution in [3.05, 3.63) is 24.0 Å². The van der Waals surface area contributed by atoms with Gasteiger partial charge < -0.3 is 14.7 Å². The fraction of sp³-hybridized carbons (Fsp3) is 0.455. The van der Waals surface area contributed by atoms with Gasteiger partial charge in [-0.15, -0.1) is 0 Å². The maximum atomic E-state index is 12.1. The van der Waals surface area contributed by atoms with Gasteiger partial charge in [0.1, 0.15) is 5.75 Å². The monoisotopic (exact) mass is 224 g/mol. The summed E-state index contributed by atoms with van der Waals surface area (Å²) in [5.41, 5.74) is 0.466. The van der Waals surface area contributed by atoms with Crippen LogP contribution in [0.25, 0.3) is 0 Å². The Kier molecular flexibility index (Phi) is 4.72. The molecule has 0 unspecified atom stereocenters. The Morgan fingerprint density at radius 1 is 1.62 bits per heavy atom. The molecule has 1 aromatic rings. The van der Waals surface area contributed by atoms with Gasteiger partial charge in [-0.05, 0) is 13.0 Å². The fourth-order valence-electron chi connectivity index (χ4n) is 1.41. The van der Waals surface area contributed by atoms with Crippen LogP contribution in [0.15, 0.2) is 18.5 Å². The Morgan fingerprint density at radius 3 is 2.94 bits per heavy atom. The minimum atomic E-state index is -0.157. The minimum absolute atomic E-state index is 0.0486. The molecule has 1 heterocycles. The average molecular weight is 224 g/mol.